The molecule has 1 aliphatic carbocycles. The minimum absolute atomic E-state index is 0.138. The number of anilines is 1. The molecule has 2 aromatic heterocycles. The van der Waals surface area contributed by atoms with Gasteiger partial charge in [-0.2, -0.15) is 5.10 Å². The van der Waals surface area contributed by atoms with Crippen molar-refractivity contribution in [1.29, 1.82) is 0 Å². The van der Waals surface area contributed by atoms with E-state index in [0.717, 1.165) is 48.3 Å². The standard InChI is InChI=1S/C20H22N6O/c1-24-18-17(12-23-24)19(22-13-21-18)25-7-9-26(10-8-25)20(27)16-6-5-14-3-2-4-15(14)11-16/h5-6,11-13H,2-4,7-10H2,1H3. The minimum Gasteiger partial charge on any atom is -0.352 e. The molecule has 0 atom stereocenters. The van der Waals surface area contributed by atoms with E-state index in [-0.39, 0.29) is 5.91 Å². The highest BCUT2D eigenvalue weighted by Crippen LogP contribution is 2.25. The Balaban J connectivity index is 1.32. The Morgan fingerprint density at radius 1 is 1.04 bits per heavy atom. The lowest BCUT2D eigenvalue weighted by Crippen LogP contribution is -2.49. The summed E-state index contributed by atoms with van der Waals surface area (Å²) in [6, 6.07) is 6.22. The maximum Gasteiger partial charge on any atom is 0.253 e. The van der Waals surface area contributed by atoms with E-state index in [0.29, 0.717) is 13.1 Å². The van der Waals surface area contributed by atoms with Gasteiger partial charge in [-0.3, -0.25) is 9.48 Å². The largest absolute Gasteiger partial charge is 0.352 e. The third-order valence-corrected chi connectivity index (χ3v) is 5.72. The number of benzene rings is 1. The monoisotopic (exact) mass is 362 g/mol. The van der Waals surface area contributed by atoms with Crippen molar-refractivity contribution in [3.05, 3.63) is 47.4 Å². The van der Waals surface area contributed by atoms with Crippen LogP contribution >= 0.6 is 0 Å². The highest BCUT2D eigenvalue weighted by atomic mass is 16.2. The second kappa shape index (κ2) is 6.33. The molecule has 3 aromatic rings. The SMILES string of the molecule is Cn1ncc2c(N3CCN(C(=O)c4ccc5c(c4)CCC5)CC3)ncnc21. The van der Waals surface area contributed by atoms with Crippen molar-refractivity contribution in [3.8, 4) is 0 Å². The summed E-state index contributed by atoms with van der Waals surface area (Å²) in [6.07, 6.45) is 6.84. The highest BCUT2D eigenvalue weighted by Gasteiger charge is 2.25. The molecule has 0 spiro atoms. The smallest absolute Gasteiger partial charge is 0.253 e. The molecular formula is C20H22N6O. The van der Waals surface area contributed by atoms with Crippen LogP contribution in [0, 0.1) is 0 Å². The van der Waals surface area contributed by atoms with Gasteiger partial charge in [0.2, 0.25) is 0 Å². The summed E-state index contributed by atoms with van der Waals surface area (Å²) in [5, 5.41) is 5.24. The molecule has 0 N–H and O–H groups in total. The van der Waals surface area contributed by atoms with E-state index >= 15 is 0 Å². The van der Waals surface area contributed by atoms with Crippen LogP contribution in [0.1, 0.15) is 27.9 Å². The van der Waals surface area contributed by atoms with Crippen LogP contribution in [0.4, 0.5) is 5.82 Å². The maximum absolute atomic E-state index is 12.9. The van der Waals surface area contributed by atoms with Crippen LogP contribution in [0.25, 0.3) is 11.0 Å². The van der Waals surface area contributed by atoms with Gasteiger partial charge in [0.15, 0.2) is 5.65 Å². The van der Waals surface area contributed by atoms with E-state index in [4.69, 9.17) is 0 Å². The number of piperazine rings is 1. The summed E-state index contributed by atoms with van der Waals surface area (Å²) < 4.78 is 1.76. The van der Waals surface area contributed by atoms with Gasteiger partial charge >= 0.3 is 0 Å². The quantitative estimate of drug-likeness (QED) is 0.696. The number of rotatable bonds is 2. The van der Waals surface area contributed by atoms with E-state index in [1.165, 1.54) is 17.5 Å². The van der Waals surface area contributed by atoms with E-state index < -0.39 is 0 Å². The molecule has 1 amide bonds. The Morgan fingerprint density at radius 2 is 1.85 bits per heavy atom. The molecule has 0 bridgehead atoms. The van der Waals surface area contributed by atoms with Gasteiger partial charge in [0.1, 0.15) is 12.1 Å². The Kier molecular flexibility index (Phi) is 3.81. The summed E-state index contributed by atoms with van der Waals surface area (Å²) >= 11 is 0. The van der Waals surface area contributed by atoms with Crippen LogP contribution in [0.3, 0.4) is 0 Å². The summed E-state index contributed by atoms with van der Waals surface area (Å²) in [4.78, 5) is 25.9. The zero-order chi connectivity index (χ0) is 18.4. The lowest BCUT2D eigenvalue weighted by molar-refractivity contribution is 0.0746. The van der Waals surface area contributed by atoms with Crippen molar-refractivity contribution < 1.29 is 4.79 Å². The fraction of sp³-hybridized carbons (Fsp3) is 0.400. The number of carbonyl (C=O) groups excluding carboxylic acids is 1. The lowest BCUT2D eigenvalue weighted by atomic mass is 10.1. The highest BCUT2D eigenvalue weighted by molar-refractivity contribution is 5.95. The first-order chi connectivity index (χ1) is 13.2. The molecule has 3 heterocycles. The van der Waals surface area contributed by atoms with Crippen LogP contribution in [0.5, 0.6) is 0 Å². The molecule has 0 radical (unpaired) electrons. The summed E-state index contributed by atoms with van der Waals surface area (Å²) in [5.41, 5.74) is 4.40. The van der Waals surface area contributed by atoms with Crippen molar-refractivity contribution in [2.75, 3.05) is 31.1 Å². The average molecular weight is 362 g/mol. The predicted molar refractivity (Wildman–Crippen MR) is 103 cm³/mol. The minimum atomic E-state index is 0.138. The van der Waals surface area contributed by atoms with Gasteiger partial charge in [-0.05, 0) is 42.5 Å². The number of fused-ring (bicyclic) bond motifs is 2. The molecule has 138 valence electrons. The average Bonchev–Trinajstić information content (AvgIpc) is 3.33. The molecule has 0 saturated carbocycles. The van der Waals surface area contributed by atoms with Crippen LogP contribution < -0.4 is 4.90 Å². The number of carbonyl (C=O) groups is 1. The molecular weight excluding hydrogens is 340 g/mol. The van der Waals surface area contributed by atoms with Crippen molar-refractivity contribution in [2.24, 2.45) is 7.05 Å². The Labute approximate surface area is 157 Å². The Hall–Kier alpha value is -2.96. The van der Waals surface area contributed by atoms with Crippen LogP contribution in [0.15, 0.2) is 30.7 Å². The van der Waals surface area contributed by atoms with E-state index in [9.17, 15) is 4.79 Å². The maximum atomic E-state index is 12.9. The summed E-state index contributed by atoms with van der Waals surface area (Å²) in [7, 11) is 1.88. The van der Waals surface area contributed by atoms with Gasteiger partial charge in [0.25, 0.3) is 5.91 Å². The summed E-state index contributed by atoms with van der Waals surface area (Å²) in [6.45, 7) is 2.92. The molecule has 2 aliphatic rings. The Morgan fingerprint density at radius 3 is 2.70 bits per heavy atom. The van der Waals surface area contributed by atoms with Crippen LogP contribution in [0.2, 0.25) is 0 Å². The molecule has 0 unspecified atom stereocenters. The van der Waals surface area contributed by atoms with Crippen molar-refractivity contribution in [2.45, 2.75) is 19.3 Å². The fourth-order valence-corrected chi connectivity index (χ4v) is 4.21. The molecule has 5 rings (SSSR count). The first kappa shape index (κ1) is 16.2. The summed E-state index contributed by atoms with van der Waals surface area (Å²) in [5.74, 6) is 1.04. The van der Waals surface area contributed by atoms with Crippen LogP contribution in [-0.2, 0) is 19.9 Å². The zero-order valence-electron chi connectivity index (χ0n) is 15.4. The zero-order valence-corrected chi connectivity index (χ0v) is 15.4. The first-order valence-corrected chi connectivity index (χ1v) is 9.49. The second-order valence-corrected chi connectivity index (χ2v) is 7.32. The first-order valence-electron chi connectivity index (χ1n) is 9.49. The van der Waals surface area contributed by atoms with Crippen LogP contribution in [-0.4, -0.2) is 56.7 Å². The van der Waals surface area contributed by atoms with Gasteiger partial charge in [-0.15, -0.1) is 0 Å². The fourth-order valence-electron chi connectivity index (χ4n) is 4.21. The number of amides is 1. The molecule has 27 heavy (non-hydrogen) atoms. The number of nitrogens with zero attached hydrogens (tertiary/aromatic N) is 6. The van der Waals surface area contributed by atoms with Gasteiger partial charge in [0.05, 0.1) is 11.6 Å². The third-order valence-electron chi connectivity index (χ3n) is 5.72. The molecule has 7 heteroatoms. The lowest BCUT2D eigenvalue weighted by Gasteiger charge is -2.35. The molecule has 7 nitrogen and oxygen atoms in total. The van der Waals surface area contributed by atoms with Crippen molar-refractivity contribution in [3.63, 3.8) is 0 Å². The van der Waals surface area contributed by atoms with E-state index in [1.54, 1.807) is 11.0 Å². The van der Waals surface area contributed by atoms with Gasteiger partial charge in [-0.1, -0.05) is 6.07 Å². The van der Waals surface area contributed by atoms with Crippen molar-refractivity contribution >= 4 is 22.8 Å². The van der Waals surface area contributed by atoms with Gasteiger partial charge in [0, 0.05) is 38.8 Å². The van der Waals surface area contributed by atoms with Crippen molar-refractivity contribution in [1.82, 2.24) is 24.6 Å². The predicted octanol–water partition coefficient (Wildman–Crippen LogP) is 1.81. The van der Waals surface area contributed by atoms with Gasteiger partial charge < -0.3 is 9.80 Å². The number of hydrogen-bond acceptors (Lipinski definition) is 5. The molecule has 1 fully saturated rings. The van der Waals surface area contributed by atoms with E-state index in [2.05, 4.69) is 32.1 Å². The topological polar surface area (TPSA) is 67.2 Å². The third kappa shape index (κ3) is 2.74. The molecule has 1 saturated heterocycles. The normalized spacial score (nSPS) is 16.8. The number of aryl methyl sites for hydroxylation is 3. The van der Waals surface area contributed by atoms with Gasteiger partial charge in [-0.25, -0.2) is 9.97 Å². The molecule has 1 aromatic carbocycles. The molecule has 1 aliphatic heterocycles. The van der Waals surface area contributed by atoms with E-state index in [1.807, 2.05) is 24.2 Å². The second-order valence-electron chi connectivity index (χ2n) is 7.32. The Bertz CT molecular complexity index is 1020. The number of aromatic nitrogens is 4. The number of hydrogen-bond donors (Lipinski definition) is 0.